The summed E-state index contributed by atoms with van der Waals surface area (Å²) in [6, 6.07) is 0. The molecule has 0 unspecified atom stereocenters. The Morgan fingerprint density at radius 1 is 1.05 bits per heavy atom. The zero-order valence-electron chi connectivity index (χ0n) is 13.2. The average Bonchev–Trinajstić information content (AvgIpc) is 2.60. The van der Waals surface area contributed by atoms with Crippen molar-refractivity contribution in [1.29, 1.82) is 0 Å². The molecule has 1 heterocycles. The lowest BCUT2D eigenvalue weighted by atomic mass is 10.1. The van der Waals surface area contributed by atoms with E-state index in [0.717, 1.165) is 34.3 Å². The summed E-state index contributed by atoms with van der Waals surface area (Å²) in [6.45, 7) is 9.64. The number of carboxylic acid groups (broad SMARTS) is 1. The highest BCUT2D eigenvalue weighted by atomic mass is 16.4. The van der Waals surface area contributed by atoms with Crippen molar-refractivity contribution in [3.8, 4) is 0 Å². The molecule has 3 nitrogen and oxygen atoms in total. The molecule has 112 valence electrons. The van der Waals surface area contributed by atoms with Crippen molar-refractivity contribution in [3.63, 3.8) is 0 Å². The first-order chi connectivity index (χ1) is 9.81. The maximum Gasteiger partial charge on any atom is 0.108 e. The Bertz CT molecular complexity index is 638. The fraction of sp³-hybridized carbons (Fsp3) is 0.278. The van der Waals surface area contributed by atoms with Gasteiger partial charge in [-0.2, -0.15) is 0 Å². The first-order valence-corrected chi connectivity index (χ1v) is 6.80. The number of carboxylic acids is 1. The molecule has 0 atom stereocenters. The standard InChI is InChI=1S/C18H22O3/c1-12(7-6-8-13(2)11-18(19)20)9-10-17-14(3)15(4)21-16(17)5/h6-11H,1-5H3,(H,19,20)/p-1/b8-6+,10-9+,12-7+,13-11+. The fourth-order valence-electron chi connectivity index (χ4n) is 1.91. The number of aryl methyl sites for hydroxylation is 2. The largest absolute Gasteiger partial charge is 0.545 e. The Kier molecular flexibility index (Phi) is 5.97. The van der Waals surface area contributed by atoms with E-state index < -0.39 is 5.97 Å². The van der Waals surface area contributed by atoms with E-state index in [9.17, 15) is 9.90 Å². The molecular formula is C18H21O3-. The Morgan fingerprint density at radius 2 is 1.71 bits per heavy atom. The number of hydrogen-bond acceptors (Lipinski definition) is 3. The van der Waals surface area contributed by atoms with Crippen molar-refractivity contribution < 1.29 is 14.3 Å². The molecule has 0 saturated heterocycles. The van der Waals surface area contributed by atoms with Crippen LogP contribution in [0.2, 0.25) is 0 Å². The maximum atomic E-state index is 10.4. The summed E-state index contributed by atoms with van der Waals surface area (Å²) in [4.78, 5) is 10.4. The van der Waals surface area contributed by atoms with Gasteiger partial charge in [0.05, 0.1) is 5.97 Å². The van der Waals surface area contributed by atoms with Gasteiger partial charge in [0, 0.05) is 5.56 Å². The first-order valence-electron chi connectivity index (χ1n) is 6.80. The molecule has 0 aromatic carbocycles. The van der Waals surface area contributed by atoms with Gasteiger partial charge in [0.15, 0.2) is 0 Å². The second-order valence-corrected chi connectivity index (χ2v) is 5.06. The average molecular weight is 285 g/mol. The third-order valence-corrected chi connectivity index (χ3v) is 3.19. The van der Waals surface area contributed by atoms with Crippen LogP contribution in [0, 0.1) is 20.8 Å². The summed E-state index contributed by atoms with van der Waals surface area (Å²) in [5.74, 6) is 0.674. The van der Waals surface area contributed by atoms with Crippen LogP contribution in [-0.2, 0) is 4.79 Å². The minimum atomic E-state index is -1.18. The first kappa shape index (κ1) is 16.8. The Morgan fingerprint density at radius 3 is 2.24 bits per heavy atom. The molecule has 1 aromatic heterocycles. The molecular weight excluding hydrogens is 264 g/mol. The van der Waals surface area contributed by atoms with Crippen LogP contribution in [0.15, 0.2) is 45.9 Å². The van der Waals surface area contributed by atoms with Crippen LogP contribution in [0.3, 0.4) is 0 Å². The second-order valence-electron chi connectivity index (χ2n) is 5.06. The van der Waals surface area contributed by atoms with Gasteiger partial charge in [0.25, 0.3) is 0 Å². The zero-order chi connectivity index (χ0) is 16.0. The van der Waals surface area contributed by atoms with E-state index >= 15 is 0 Å². The van der Waals surface area contributed by atoms with Crippen molar-refractivity contribution in [2.24, 2.45) is 0 Å². The molecule has 0 spiro atoms. The molecule has 0 aliphatic carbocycles. The van der Waals surface area contributed by atoms with Crippen LogP contribution in [0.25, 0.3) is 6.08 Å². The van der Waals surface area contributed by atoms with Gasteiger partial charge in [0.1, 0.15) is 11.5 Å². The Labute approximate surface area is 126 Å². The highest BCUT2D eigenvalue weighted by Crippen LogP contribution is 2.22. The molecule has 0 aliphatic rings. The number of hydrogen-bond donors (Lipinski definition) is 0. The molecule has 3 heteroatoms. The van der Waals surface area contributed by atoms with E-state index in [4.69, 9.17) is 4.42 Å². The molecule has 1 aromatic rings. The number of furan rings is 1. The third kappa shape index (κ3) is 5.30. The van der Waals surface area contributed by atoms with Crippen molar-refractivity contribution >= 4 is 12.0 Å². The lowest BCUT2D eigenvalue weighted by Gasteiger charge is -1.95. The van der Waals surface area contributed by atoms with E-state index in [-0.39, 0.29) is 0 Å². The summed E-state index contributed by atoms with van der Waals surface area (Å²) in [5, 5.41) is 10.4. The van der Waals surface area contributed by atoms with Crippen molar-refractivity contribution in [1.82, 2.24) is 0 Å². The van der Waals surface area contributed by atoms with Crippen LogP contribution in [0.1, 0.15) is 36.5 Å². The molecule has 0 N–H and O–H groups in total. The van der Waals surface area contributed by atoms with E-state index in [2.05, 4.69) is 0 Å². The number of carbonyl (C=O) groups excluding carboxylic acids is 1. The number of allylic oxidation sites excluding steroid dienone is 6. The van der Waals surface area contributed by atoms with E-state index in [0.29, 0.717) is 5.57 Å². The predicted molar refractivity (Wildman–Crippen MR) is 83.6 cm³/mol. The number of carbonyl (C=O) groups is 1. The van der Waals surface area contributed by atoms with E-state index in [1.807, 2.05) is 52.0 Å². The van der Waals surface area contributed by atoms with Crippen molar-refractivity contribution in [3.05, 3.63) is 64.2 Å². The highest BCUT2D eigenvalue weighted by Gasteiger charge is 2.07. The smallest absolute Gasteiger partial charge is 0.108 e. The lowest BCUT2D eigenvalue weighted by Crippen LogP contribution is -2.19. The molecule has 0 aliphatic heterocycles. The minimum Gasteiger partial charge on any atom is -0.545 e. The van der Waals surface area contributed by atoms with E-state index in [1.54, 1.807) is 13.0 Å². The van der Waals surface area contributed by atoms with Crippen LogP contribution in [0.5, 0.6) is 0 Å². The van der Waals surface area contributed by atoms with Crippen molar-refractivity contribution in [2.45, 2.75) is 34.6 Å². The van der Waals surface area contributed by atoms with Gasteiger partial charge in [-0.05, 0) is 51.8 Å². The third-order valence-electron chi connectivity index (χ3n) is 3.19. The van der Waals surface area contributed by atoms with Crippen molar-refractivity contribution in [2.75, 3.05) is 0 Å². The van der Waals surface area contributed by atoms with E-state index in [1.165, 1.54) is 0 Å². The van der Waals surface area contributed by atoms with Gasteiger partial charge in [-0.15, -0.1) is 0 Å². The minimum absolute atomic E-state index is 0.639. The summed E-state index contributed by atoms with van der Waals surface area (Å²) in [7, 11) is 0. The molecule has 21 heavy (non-hydrogen) atoms. The van der Waals surface area contributed by atoms with Gasteiger partial charge in [-0.3, -0.25) is 0 Å². The molecule has 0 amide bonds. The Balaban J connectivity index is 2.79. The molecule has 0 bridgehead atoms. The fourth-order valence-corrected chi connectivity index (χ4v) is 1.91. The van der Waals surface area contributed by atoms with Crippen LogP contribution >= 0.6 is 0 Å². The van der Waals surface area contributed by atoms with Gasteiger partial charge in [-0.25, -0.2) is 0 Å². The topological polar surface area (TPSA) is 53.3 Å². The van der Waals surface area contributed by atoms with Crippen LogP contribution in [-0.4, -0.2) is 5.97 Å². The highest BCUT2D eigenvalue weighted by molar-refractivity contribution is 5.79. The molecule has 1 rings (SSSR count). The summed E-state index contributed by atoms with van der Waals surface area (Å²) in [6.07, 6.45) is 10.6. The monoisotopic (exact) mass is 285 g/mol. The van der Waals surface area contributed by atoms with Gasteiger partial charge in [-0.1, -0.05) is 36.0 Å². The molecule has 0 saturated carbocycles. The lowest BCUT2D eigenvalue weighted by molar-refractivity contribution is -0.297. The SMILES string of the molecule is CC(/C=C/c1c(C)oc(C)c1C)=C\C=C\C(C)=C\C(=O)[O-]. The second kappa shape index (κ2) is 7.48. The van der Waals surface area contributed by atoms with Gasteiger partial charge < -0.3 is 14.3 Å². The predicted octanol–water partition coefficient (Wildman–Crippen LogP) is 3.42. The van der Waals surface area contributed by atoms with Gasteiger partial charge >= 0.3 is 0 Å². The normalized spacial score (nSPS) is 13.6. The molecule has 0 radical (unpaired) electrons. The summed E-state index contributed by atoms with van der Waals surface area (Å²) >= 11 is 0. The summed E-state index contributed by atoms with van der Waals surface area (Å²) < 4.78 is 5.57. The summed E-state index contributed by atoms with van der Waals surface area (Å²) in [5.41, 5.74) is 3.96. The van der Waals surface area contributed by atoms with Crippen LogP contribution in [0.4, 0.5) is 0 Å². The quantitative estimate of drug-likeness (QED) is 0.615. The number of aliphatic carboxylic acids is 1. The van der Waals surface area contributed by atoms with Crippen LogP contribution < -0.4 is 5.11 Å². The Hall–Kier alpha value is -2.29. The maximum absolute atomic E-state index is 10.4. The van der Waals surface area contributed by atoms with Gasteiger partial charge in [0.2, 0.25) is 0 Å². The zero-order valence-corrected chi connectivity index (χ0v) is 13.2. The number of rotatable bonds is 5. The molecule has 0 fully saturated rings.